The first-order chi connectivity index (χ1) is 13.7. The van der Waals surface area contributed by atoms with Crippen molar-refractivity contribution in [3.8, 4) is 0 Å². The molecule has 1 saturated heterocycles. The predicted octanol–water partition coefficient (Wildman–Crippen LogP) is 1.66. The summed E-state index contributed by atoms with van der Waals surface area (Å²) in [6, 6.07) is 10.4. The van der Waals surface area contributed by atoms with E-state index >= 15 is 0 Å². The zero-order valence-corrected chi connectivity index (χ0v) is 16.9. The molecule has 3 rings (SSSR count). The molecule has 150 valence electrons. The van der Waals surface area contributed by atoms with Crippen molar-refractivity contribution >= 4 is 11.9 Å². The van der Waals surface area contributed by atoms with Crippen LogP contribution in [0.3, 0.4) is 0 Å². The molecule has 0 unspecified atom stereocenters. The summed E-state index contributed by atoms with van der Waals surface area (Å²) in [4.78, 5) is 17.8. The lowest BCUT2D eigenvalue weighted by molar-refractivity contribution is 0.254. The molecule has 1 aliphatic heterocycles. The molecule has 0 bridgehead atoms. The van der Waals surface area contributed by atoms with Gasteiger partial charge in [0.1, 0.15) is 0 Å². The van der Waals surface area contributed by atoms with Gasteiger partial charge in [-0.2, -0.15) is 0 Å². The number of rotatable bonds is 7. The van der Waals surface area contributed by atoms with Gasteiger partial charge in [-0.15, -0.1) is 0 Å². The second-order valence-electron chi connectivity index (χ2n) is 7.07. The second-order valence-corrected chi connectivity index (χ2v) is 7.07. The number of anilines is 1. The predicted molar refractivity (Wildman–Crippen MR) is 115 cm³/mol. The van der Waals surface area contributed by atoms with Crippen LogP contribution in [-0.2, 0) is 6.54 Å². The maximum atomic E-state index is 4.34. The Labute approximate surface area is 167 Å². The van der Waals surface area contributed by atoms with E-state index in [9.17, 15) is 0 Å². The van der Waals surface area contributed by atoms with Crippen molar-refractivity contribution in [3.63, 3.8) is 0 Å². The third-order valence-electron chi connectivity index (χ3n) is 4.96. The van der Waals surface area contributed by atoms with Gasteiger partial charge >= 0.3 is 0 Å². The number of nitrogens with zero attached hydrogens (tertiary/aromatic N) is 5. The molecule has 2 aromatic rings. The summed E-state index contributed by atoms with van der Waals surface area (Å²) in [5.41, 5.74) is 2.54. The zero-order valence-electron chi connectivity index (χ0n) is 16.9. The largest absolute Gasteiger partial charge is 0.356 e. The Kier molecular flexibility index (Phi) is 7.61. The normalized spacial score (nSPS) is 15.5. The van der Waals surface area contributed by atoms with Gasteiger partial charge in [-0.1, -0.05) is 29.8 Å². The number of piperazine rings is 1. The van der Waals surface area contributed by atoms with Gasteiger partial charge in [-0.3, -0.25) is 9.89 Å². The number of hydrogen-bond donors (Lipinski definition) is 2. The molecule has 1 aliphatic rings. The summed E-state index contributed by atoms with van der Waals surface area (Å²) in [7, 11) is 1.81. The number of aliphatic imine (C=N–C) groups is 1. The molecule has 1 fully saturated rings. The highest BCUT2D eigenvalue weighted by atomic mass is 15.3. The fourth-order valence-electron chi connectivity index (χ4n) is 3.25. The summed E-state index contributed by atoms with van der Waals surface area (Å²) in [5.74, 6) is 1.69. The van der Waals surface area contributed by atoms with Crippen LogP contribution in [0.15, 0.2) is 47.7 Å². The third-order valence-corrected chi connectivity index (χ3v) is 4.96. The Morgan fingerprint density at radius 2 is 1.75 bits per heavy atom. The molecule has 0 aliphatic carbocycles. The van der Waals surface area contributed by atoms with Crippen LogP contribution < -0.4 is 15.5 Å². The fourth-order valence-corrected chi connectivity index (χ4v) is 3.25. The summed E-state index contributed by atoms with van der Waals surface area (Å²) in [6.07, 6.45) is 4.70. The van der Waals surface area contributed by atoms with Gasteiger partial charge in [-0.05, 0) is 31.5 Å². The monoisotopic (exact) mass is 381 g/mol. The molecule has 0 amide bonds. The molecule has 1 aromatic heterocycles. The number of hydrogen-bond acceptors (Lipinski definition) is 5. The molecule has 0 radical (unpaired) electrons. The molecule has 0 atom stereocenters. The van der Waals surface area contributed by atoms with Crippen LogP contribution in [0, 0.1) is 6.92 Å². The number of benzene rings is 1. The topological polar surface area (TPSA) is 68.7 Å². The van der Waals surface area contributed by atoms with E-state index in [2.05, 4.69) is 66.6 Å². The Morgan fingerprint density at radius 1 is 1.04 bits per heavy atom. The number of nitrogens with one attached hydrogen (secondary N) is 2. The summed E-state index contributed by atoms with van der Waals surface area (Å²) >= 11 is 0. The quantitative estimate of drug-likeness (QED) is 0.432. The van der Waals surface area contributed by atoms with Crippen LogP contribution in [0.1, 0.15) is 17.5 Å². The van der Waals surface area contributed by atoms with Gasteiger partial charge < -0.3 is 15.5 Å². The lowest BCUT2D eigenvalue weighted by Gasteiger charge is -2.34. The Morgan fingerprint density at radius 3 is 2.43 bits per heavy atom. The maximum Gasteiger partial charge on any atom is 0.225 e. The molecular weight excluding hydrogens is 350 g/mol. The van der Waals surface area contributed by atoms with Crippen molar-refractivity contribution in [3.05, 3.63) is 53.9 Å². The molecular formula is C21H31N7. The standard InChI is InChI=1S/C21H31N7/c1-18-5-7-19(8-6-18)17-26-20(22-2)23-11-4-12-27-13-15-28(16-14-27)21-24-9-3-10-25-21/h3,5-10H,4,11-17H2,1-2H3,(H2,22,23,26). The third kappa shape index (κ3) is 6.20. The second kappa shape index (κ2) is 10.6. The van der Waals surface area contributed by atoms with Gasteiger partial charge in [0.2, 0.25) is 5.95 Å². The van der Waals surface area contributed by atoms with Crippen LogP contribution >= 0.6 is 0 Å². The van der Waals surface area contributed by atoms with Crippen LogP contribution in [0.2, 0.25) is 0 Å². The van der Waals surface area contributed by atoms with Crippen molar-refractivity contribution in [1.29, 1.82) is 0 Å². The molecule has 7 nitrogen and oxygen atoms in total. The smallest absolute Gasteiger partial charge is 0.225 e. The Bertz CT molecular complexity index is 722. The van der Waals surface area contributed by atoms with E-state index < -0.39 is 0 Å². The minimum atomic E-state index is 0.781. The highest BCUT2D eigenvalue weighted by molar-refractivity contribution is 5.79. The average Bonchev–Trinajstić information content (AvgIpc) is 2.75. The van der Waals surface area contributed by atoms with Crippen molar-refractivity contribution in [2.45, 2.75) is 19.9 Å². The number of aromatic nitrogens is 2. The first-order valence-corrected chi connectivity index (χ1v) is 9.99. The maximum absolute atomic E-state index is 4.34. The van der Waals surface area contributed by atoms with E-state index in [0.29, 0.717) is 0 Å². The van der Waals surface area contributed by atoms with Gasteiger partial charge in [0.15, 0.2) is 5.96 Å². The van der Waals surface area contributed by atoms with E-state index in [4.69, 9.17) is 0 Å². The highest BCUT2D eigenvalue weighted by Crippen LogP contribution is 2.09. The minimum absolute atomic E-state index is 0.781. The van der Waals surface area contributed by atoms with Crippen LogP contribution in [0.4, 0.5) is 5.95 Å². The summed E-state index contributed by atoms with van der Waals surface area (Å²) < 4.78 is 0. The van der Waals surface area contributed by atoms with E-state index in [-0.39, 0.29) is 0 Å². The zero-order chi connectivity index (χ0) is 19.6. The van der Waals surface area contributed by atoms with E-state index in [1.54, 1.807) is 12.4 Å². The molecule has 2 N–H and O–H groups in total. The number of aryl methyl sites for hydroxylation is 1. The van der Waals surface area contributed by atoms with E-state index in [0.717, 1.165) is 64.1 Å². The first-order valence-electron chi connectivity index (χ1n) is 9.99. The van der Waals surface area contributed by atoms with Crippen molar-refractivity contribution in [2.75, 3.05) is 51.2 Å². The number of guanidine groups is 1. The molecule has 28 heavy (non-hydrogen) atoms. The minimum Gasteiger partial charge on any atom is -0.356 e. The van der Waals surface area contributed by atoms with Gasteiger partial charge in [0, 0.05) is 58.7 Å². The van der Waals surface area contributed by atoms with Crippen LogP contribution in [0.5, 0.6) is 0 Å². The van der Waals surface area contributed by atoms with Crippen LogP contribution in [-0.4, -0.2) is 67.1 Å². The highest BCUT2D eigenvalue weighted by Gasteiger charge is 2.18. The lowest BCUT2D eigenvalue weighted by atomic mass is 10.1. The van der Waals surface area contributed by atoms with Crippen LogP contribution in [0.25, 0.3) is 0 Å². The van der Waals surface area contributed by atoms with Gasteiger partial charge in [-0.25, -0.2) is 9.97 Å². The van der Waals surface area contributed by atoms with Gasteiger partial charge in [0.05, 0.1) is 0 Å². The fraction of sp³-hybridized carbons (Fsp3) is 0.476. The molecule has 2 heterocycles. The molecule has 0 saturated carbocycles. The van der Waals surface area contributed by atoms with Crippen molar-refractivity contribution < 1.29 is 0 Å². The Balaban J connectivity index is 1.30. The lowest BCUT2D eigenvalue weighted by Crippen LogP contribution is -2.47. The summed E-state index contributed by atoms with van der Waals surface area (Å²) in [6.45, 7) is 8.96. The summed E-state index contributed by atoms with van der Waals surface area (Å²) in [5, 5.41) is 6.78. The molecule has 1 aromatic carbocycles. The molecule has 7 heteroatoms. The average molecular weight is 382 g/mol. The molecule has 0 spiro atoms. The van der Waals surface area contributed by atoms with Gasteiger partial charge in [0.25, 0.3) is 0 Å². The van der Waals surface area contributed by atoms with Crippen molar-refractivity contribution in [2.24, 2.45) is 4.99 Å². The first kappa shape index (κ1) is 20.1. The Hall–Kier alpha value is -2.67. The van der Waals surface area contributed by atoms with Crippen molar-refractivity contribution in [1.82, 2.24) is 25.5 Å². The SMILES string of the molecule is CN=C(NCCCN1CCN(c2ncccn2)CC1)NCc1ccc(C)cc1. The van der Waals surface area contributed by atoms with E-state index in [1.165, 1.54) is 11.1 Å². The van der Waals surface area contributed by atoms with E-state index in [1.807, 2.05) is 13.1 Å².